The molecule has 1 rings (SSSR count). The number of aromatic hydroxyl groups is 1. The van der Waals surface area contributed by atoms with Gasteiger partial charge in [0.1, 0.15) is 5.75 Å². The van der Waals surface area contributed by atoms with Crippen LogP contribution in [0, 0.1) is 0 Å². The molecule has 0 unspecified atom stereocenters. The highest BCUT2D eigenvalue weighted by molar-refractivity contribution is 6.17. The van der Waals surface area contributed by atoms with Gasteiger partial charge in [-0.1, -0.05) is 53.7 Å². The molecule has 0 amide bonds. The summed E-state index contributed by atoms with van der Waals surface area (Å²) in [5, 5.41) is 10.4. The van der Waals surface area contributed by atoms with Gasteiger partial charge in [0.05, 0.1) is 0 Å². The zero-order valence-corrected chi connectivity index (χ0v) is 12.4. The largest absolute Gasteiger partial charge is 0.507 e. The third-order valence-corrected chi connectivity index (χ3v) is 3.25. The fraction of sp³-hybridized carbons (Fsp3) is 0.600. The number of alkyl halides is 1. The van der Waals surface area contributed by atoms with Gasteiger partial charge in [-0.15, -0.1) is 11.6 Å². The second-order valence-electron chi connectivity index (χ2n) is 6.67. The van der Waals surface area contributed by atoms with Crippen LogP contribution in [0.3, 0.4) is 0 Å². The van der Waals surface area contributed by atoms with Crippen molar-refractivity contribution in [3.05, 3.63) is 28.8 Å². The molecule has 0 aliphatic heterocycles. The summed E-state index contributed by atoms with van der Waals surface area (Å²) >= 11 is 5.94. The first kappa shape index (κ1) is 14.4. The highest BCUT2D eigenvalue weighted by atomic mass is 35.5. The highest BCUT2D eigenvalue weighted by Crippen LogP contribution is 2.39. The molecule has 1 aromatic rings. The van der Waals surface area contributed by atoms with Crippen LogP contribution in [0.15, 0.2) is 12.1 Å². The van der Waals surface area contributed by atoms with Crippen LogP contribution in [0.2, 0.25) is 0 Å². The number of halogens is 1. The molecule has 0 fully saturated rings. The lowest BCUT2D eigenvalue weighted by Gasteiger charge is -2.28. The van der Waals surface area contributed by atoms with E-state index in [0.717, 1.165) is 16.7 Å². The van der Waals surface area contributed by atoms with Gasteiger partial charge in [-0.25, -0.2) is 0 Å². The van der Waals surface area contributed by atoms with Crippen LogP contribution in [-0.2, 0) is 16.7 Å². The van der Waals surface area contributed by atoms with Crippen LogP contribution in [0.4, 0.5) is 0 Å². The second kappa shape index (κ2) is 4.53. The predicted octanol–water partition coefficient (Wildman–Crippen LogP) is 4.73. The standard InChI is InChI=1S/C15H23ClO/c1-14(2,3)11-7-10(9-16)8-12(13(11)17)15(4,5)6/h7-8,17H,9H2,1-6H3. The first-order valence-electron chi connectivity index (χ1n) is 6.00. The number of hydrogen-bond acceptors (Lipinski definition) is 1. The molecule has 1 N–H and O–H groups in total. The molecule has 0 aliphatic carbocycles. The quantitative estimate of drug-likeness (QED) is 0.719. The van der Waals surface area contributed by atoms with E-state index in [2.05, 4.69) is 41.5 Å². The van der Waals surface area contributed by atoms with Crippen molar-refractivity contribution in [1.82, 2.24) is 0 Å². The minimum atomic E-state index is -0.0772. The Morgan fingerprint density at radius 2 is 1.29 bits per heavy atom. The van der Waals surface area contributed by atoms with Crippen LogP contribution in [0.1, 0.15) is 58.2 Å². The Kier molecular flexibility index (Phi) is 3.83. The maximum Gasteiger partial charge on any atom is 0.123 e. The Morgan fingerprint density at radius 1 is 0.941 bits per heavy atom. The van der Waals surface area contributed by atoms with Crippen molar-refractivity contribution in [3.8, 4) is 5.75 Å². The molecule has 0 atom stereocenters. The molecular weight excluding hydrogens is 232 g/mol. The molecule has 96 valence electrons. The Bertz CT molecular complexity index is 373. The molecule has 0 aromatic heterocycles. The molecule has 0 aliphatic rings. The number of phenols is 1. The van der Waals surface area contributed by atoms with E-state index in [1.54, 1.807) is 0 Å². The van der Waals surface area contributed by atoms with Gasteiger partial charge in [0.25, 0.3) is 0 Å². The minimum absolute atomic E-state index is 0.0772. The van der Waals surface area contributed by atoms with Crippen molar-refractivity contribution >= 4 is 11.6 Å². The van der Waals surface area contributed by atoms with Crippen molar-refractivity contribution in [2.45, 2.75) is 58.3 Å². The topological polar surface area (TPSA) is 20.2 Å². The lowest BCUT2D eigenvalue weighted by molar-refractivity contribution is 0.423. The Morgan fingerprint density at radius 3 is 1.53 bits per heavy atom. The molecule has 1 aromatic carbocycles. The lowest BCUT2D eigenvalue weighted by atomic mass is 9.78. The van der Waals surface area contributed by atoms with Crippen LogP contribution >= 0.6 is 11.6 Å². The number of rotatable bonds is 1. The van der Waals surface area contributed by atoms with Crippen molar-refractivity contribution in [2.75, 3.05) is 0 Å². The third kappa shape index (κ3) is 3.16. The summed E-state index contributed by atoms with van der Waals surface area (Å²) in [7, 11) is 0. The van der Waals surface area contributed by atoms with E-state index >= 15 is 0 Å². The second-order valence-corrected chi connectivity index (χ2v) is 6.94. The van der Waals surface area contributed by atoms with E-state index < -0.39 is 0 Å². The Hall–Kier alpha value is -0.690. The minimum Gasteiger partial charge on any atom is -0.507 e. The van der Waals surface area contributed by atoms with E-state index in [4.69, 9.17) is 11.6 Å². The number of hydrogen-bond donors (Lipinski definition) is 1. The fourth-order valence-corrected chi connectivity index (χ4v) is 2.07. The van der Waals surface area contributed by atoms with Gasteiger partial charge in [-0.2, -0.15) is 0 Å². The van der Waals surface area contributed by atoms with Gasteiger partial charge in [0, 0.05) is 5.88 Å². The molecule has 0 saturated carbocycles. The van der Waals surface area contributed by atoms with Gasteiger partial charge < -0.3 is 5.11 Å². The molecule has 2 heteroatoms. The average Bonchev–Trinajstić information content (AvgIpc) is 2.14. The Balaban J connectivity index is 3.53. The smallest absolute Gasteiger partial charge is 0.123 e. The summed E-state index contributed by atoms with van der Waals surface area (Å²) in [6.07, 6.45) is 0. The summed E-state index contributed by atoms with van der Waals surface area (Å²) in [5.74, 6) is 0.894. The summed E-state index contributed by atoms with van der Waals surface area (Å²) in [6.45, 7) is 12.6. The average molecular weight is 255 g/mol. The van der Waals surface area contributed by atoms with Gasteiger partial charge >= 0.3 is 0 Å². The van der Waals surface area contributed by atoms with Gasteiger partial charge in [0.2, 0.25) is 0 Å². The monoisotopic (exact) mass is 254 g/mol. The number of phenolic OH excluding ortho intramolecular Hbond substituents is 1. The van der Waals surface area contributed by atoms with E-state index in [0.29, 0.717) is 11.6 Å². The lowest BCUT2D eigenvalue weighted by Crippen LogP contribution is -2.17. The van der Waals surface area contributed by atoms with Crippen molar-refractivity contribution in [3.63, 3.8) is 0 Å². The molecule has 0 bridgehead atoms. The third-order valence-electron chi connectivity index (χ3n) is 2.94. The normalized spacial score (nSPS) is 12.9. The summed E-state index contributed by atoms with van der Waals surface area (Å²) in [6, 6.07) is 4.02. The summed E-state index contributed by atoms with van der Waals surface area (Å²) in [5.41, 5.74) is 2.86. The first-order valence-corrected chi connectivity index (χ1v) is 6.53. The highest BCUT2D eigenvalue weighted by Gasteiger charge is 2.26. The first-order chi connectivity index (χ1) is 7.57. The summed E-state index contributed by atoms with van der Waals surface area (Å²) < 4.78 is 0. The molecule has 0 spiro atoms. The molecule has 0 heterocycles. The Labute approximate surface area is 110 Å². The van der Waals surface area contributed by atoms with Gasteiger partial charge in [-0.3, -0.25) is 0 Å². The maximum atomic E-state index is 10.4. The molecule has 0 radical (unpaired) electrons. The molecule has 1 nitrogen and oxygen atoms in total. The van der Waals surface area contributed by atoms with Gasteiger partial charge in [0.15, 0.2) is 0 Å². The summed E-state index contributed by atoms with van der Waals surface area (Å²) in [4.78, 5) is 0. The maximum absolute atomic E-state index is 10.4. The van der Waals surface area contributed by atoms with Crippen molar-refractivity contribution < 1.29 is 5.11 Å². The zero-order chi connectivity index (χ0) is 13.4. The van der Waals surface area contributed by atoms with Gasteiger partial charge in [-0.05, 0) is 27.5 Å². The zero-order valence-electron chi connectivity index (χ0n) is 11.7. The number of benzene rings is 1. The fourth-order valence-electron chi connectivity index (χ4n) is 1.91. The van der Waals surface area contributed by atoms with Crippen LogP contribution < -0.4 is 0 Å². The van der Waals surface area contributed by atoms with Crippen molar-refractivity contribution in [2.24, 2.45) is 0 Å². The van der Waals surface area contributed by atoms with Crippen molar-refractivity contribution in [1.29, 1.82) is 0 Å². The van der Waals surface area contributed by atoms with Crippen LogP contribution in [-0.4, -0.2) is 5.11 Å². The van der Waals surface area contributed by atoms with Crippen LogP contribution in [0.5, 0.6) is 5.75 Å². The van der Waals surface area contributed by atoms with E-state index in [-0.39, 0.29) is 10.8 Å². The van der Waals surface area contributed by atoms with E-state index in [1.807, 2.05) is 12.1 Å². The van der Waals surface area contributed by atoms with E-state index in [1.165, 1.54) is 0 Å². The SMILES string of the molecule is CC(C)(C)c1cc(CCl)cc(C(C)(C)C)c1O. The predicted molar refractivity (Wildman–Crippen MR) is 75.1 cm³/mol. The van der Waals surface area contributed by atoms with E-state index in [9.17, 15) is 5.11 Å². The molecule has 17 heavy (non-hydrogen) atoms. The molecule has 0 saturated heterocycles. The van der Waals surface area contributed by atoms with Crippen LogP contribution in [0.25, 0.3) is 0 Å². The molecular formula is C15H23ClO.